The summed E-state index contributed by atoms with van der Waals surface area (Å²) in [6, 6.07) is 2.56. The number of hydrogen-bond acceptors (Lipinski definition) is 4. The quantitative estimate of drug-likeness (QED) is 0.679. The highest BCUT2D eigenvalue weighted by Crippen LogP contribution is 2.30. The summed E-state index contributed by atoms with van der Waals surface area (Å²) in [5.41, 5.74) is -2.17. The summed E-state index contributed by atoms with van der Waals surface area (Å²) in [6.07, 6.45) is -3.56. The molecule has 2 rings (SSSR count). The number of rotatable bonds is 2. The van der Waals surface area contributed by atoms with Gasteiger partial charge in [-0.3, -0.25) is 9.47 Å². The topological polar surface area (TPSA) is 74.3 Å². The fourth-order valence-electron chi connectivity index (χ4n) is 1.89. The van der Waals surface area contributed by atoms with Crippen LogP contribution < -0.4 is 11.3 Å². The number of carbonyl (C=O) groups excluding carboxylic acids is 1. The lowest BCUT2D eigenvalue weighted by Crippen LogP contribution is -2.24. The summed E-state index contributed by atoms with van der Waals surface area (Å²) >= 11 is 0. The maximum Gasteiger partial charge on any atom is 0.416 e. The smallest absolute Gasteiger partial charge is 0.416 e. The first-order chi connectivity index (χ1) is 9.75. The van der Waals surface area contributed by atoms with Crippen molar-refractivity contribution in [3.63, 3.8) is 0 Å². The van der Waals surface area contributed by atoms with Crippen LogP contribution in [0.2, 0.25) is 0 Å². The van der Waals surface area contributed by atoms with E-state index in [4.69, 9.17) is 5.84 Å². The standard InChI is InChI=1S/C13H11F3N2O3/c1-2-21-12(20)9-6-18(17)10-4-3-7(13(14,15)16)5-8(10)11(9)19/h3-6H,2,17H2,1H3. The molecule has 112 valence electrons. The summed E-state index contributed by atoms with van der Waals surface area (Å²) in [5, 5.41) is -0.294. The Kier molecular flexibility index (Phi) is 3.63. The molecule has 0 unspecified atom stereocenters. The van der Waals surface area contributed by atoms with E-state index in [2.05, 4.69) is 4.74 Å². The van der Waals surface area contributed by atoms with Crippen molar-refractivity contribution >= 4 is 16.9 Å². The Bertz CT molecular complexity index is 766. The van der Waals surface area contributed by atoms with Crippen molar-refractivity contribution in [3.05, 3.63) is 45.7 Å². The van der Waals surface area contributed by atoms with Crippen LogP contribution >= 0.6 is 0 Å². The molecule has 1 aromatic carbocycles. The van der Waals surface area contributed by atoms with Gasteiger partial charge in [-0.05, 0) is 25.1 Å². The number of esters is 1. The molecule has 0 saturated heterocycles. The number of nitrogens with two attached hydrogens (primary N) is 1. The van der Waals surface area contributed by atoms with E-state index in [9.17, 15) is 22.8 Å². The maximum atomic E-state index is 12.7. The second kappa shape index (κ2) is 5.12. The number of nitrogen functional groups attached to an aromatic ring is 1. The molecular formula is C13H11F3N2O3. The molecule has 0 aliphatic carbocycles. The lowest BCUT2D eigenvalue weighted by atomic mass is 10.1. The number of ether oxygens (including phenoxy) is 1. The van der Waals surface area contributed by atoms with Gasteiger partial charge in [0.2, 0.25) is 5.43 Å². The number of benzene rings is 1. The molecule has 0 fully saturated rings. The van der Waals surface area contributed by atoms with Crippen LogP contribution in [0.25, 0.3) is 10.9 Å². The van der Waals surface area contributed by atoms with E-state index in [0.717, 1.165) is 23.0 Å². The van der Waals surface area contributed by atoms with Crippen molar-refractivity contribution in [3.8, 4) is 0 Å². The van der Waals surface area contributed by atoms with Gasteiger partial charge in [-0.25, -0.2) is 4.79 Å². The lowest BCUT2D eigenvalue weighted by Gasteiger charge is -2.11. The van der Waals surface area contributed by atoms with Crippen molar-refractivity contribution < 1.29 is 22.7 Å². The Morgan fingerprint density at radius 2 is 2.05 bits per heavy atom. The number of halogens is 3. The van der Waals surface area contributed by atoms with Crippen LogP contribution in [0, 0.1) is 0 Å². The van der Waals surface area contributed by atoms with Crippen LogP contribution in [-0.4, -0.2) is 17.3 Å². The highest BCUT2D eigenvalue weighted by molar-refractivity contribution is 5.94. The number of fused-ring (bicyclic) bond motifs is 1. The molecule has 2 aromatic rings. The predicted molar refractivity (Wildman–Crippen MR) is 69.3 cm³/mol. The van der Waals surface area contributed by atoms with Crippen LogP contribution in [0.1, 0.15) is 22.8 Å². The normalized spacial score (nSPS) is 11.6. The van der Waals surface area contributed by atoms with E-state index >= 15 is 0 Å². The van der Waals surface area contributed by atoms with Gasteiger partial charge < -0.3 is 10.6 Å². The van der Waals surface area contributed by atoms with Crippen molar-refractivity contribution in [2.24, 2.45) is 0 Å². The molecule has 8 heteroatoms. The van der Waals surface area contributed by atoms with E-state index in [1.807, 2.05) is 0 Å². The predicted octanol–water partition coefficient (Wildman–Crippen LogP) is 1.91. The Morgan fingerprint density at radius 1 is 1.38 bits per heavy atom. The number of hydrogen-bond donors (Lipinski definition) is 1. The molecule has 0 atom stereocenters. The summed E-state index contributed by atoms with van der Waals surface area (Å²) in [7, 11) is 0. The van der Waals surface area contributed by atoms with Gasteiger partial charge in [-0.15, -0.1) is 0 Å². The van der Waals surface area contributed by atoms with E-state index in [0.29, 0.717) is 6.07 Å². The highest BCUT2D eigenvalue weighted by Gasteiger charge is 2.31. The van der Waals surface area contributed by atoms with Crippen LogP contribution in [0.15, 0.2) is 29.2 Å². The molecule has 0 saturated carbocycles. The Labute approximate surface area is 116 Å². The maximum absolute atomic E-state index is 12.7. The van der Waals surface area contributed by atoms with Crippen molar-refractivity contribution in [2.75, 3.05) is 12.4 Å². The van der Waals surface area contributed by atoms with Crippen LogP contribution in [-0.2, 0) is 10.9 Å². The monoisotopic (exact) mass is 300 g/mol. The summed E-state index contributed by atoms with van der Waals surface area (Å²) in [6.45, 7) is 1.57. The molecule has 0 radical (unpaired) electrons. The second-order valence-electron chi connectivity index (χ2n) is 4.23. The van der Waals surface area contributed by atoms with Gasteiger partial charge in [0.1, 0.15) is 5.56 Å². The zero-order valence-corrected chi connectivity index (χ0v) is 10.9. The minimum Gasteiger partial charge on any atom is -0.462 e. The summed E-state index contributed by atoms with van der Waals surface area (Å²) in [5.74, 6) is 4.68. The average Bonchev–Trinajstić information content (AvgIpc) is 2.41. The van der Waals surface area contributed by atoms with E-state index < -0.39 is 28.7 Å². The lowest BCUT2D eigenvalue weighted by molar-refractivity contribution is -0.137. The molecule has 1 heterocycles. The second-order valence-corrected chi connectivity index (χ2v) is 4.23. The van der Waals surface area contributed by atoms with Gasteiger partial charge in [-0.1, -0.05) is 0 Å². The van der Waals surface area contributed by atoms with Crippen molar-refractivity contribution in [1.29, 1.82) is 0 Å². The number of pyridine rings is 1. The SMILES string of the molecule is CCOC(=O)c1cn(N)c2ccc(C(F)(F)F)cc2c1=O. The molecule has 1 aromatic heterocycles. The largest absolute Gasteiger partial charge is 0.462 e. The number of nitrogens with zero attached hydrogens (tertiary/aromatic N) is 1. The molecule has 0 aliphatic rings. The molecule has 21 heavy (non-hydrogen) atoms. The fourth-order valence-corrected chi connectivity index (χ4v) is 1.89. The molecule has 5 nitrogen and oxygen atoms in total. The first-order valence-corrected chi connectivity index (χ1v) is 5.94. The van der Waals surface area contributed by atoms with E-state index in [1.54, 1.807) is 6.92 Å². The minimum absolute atomic E-state index is 0.0312. The van der Waals surface area contributed by atoms with Gasteiger partial charge in [-0.2, -0.15) is 13.2 Å². The molecule has 0 aliphatic heterocycles. The summed E-state index contributed by atoms with van der Waals surface area (Å²) < 4.78 is 43.7. The van der Waals surface area contributed by atoms with Crippen LogP contribution in [0.4, 0.5) is 13.2 Å². The van der Waals surface area contributed by atoms with E-state index in [-0.39, 0.29) is 17.5 Å². The zero-order chi connectivity index (χ0) is 15.8. The molecular weight excluding hydrogens is 289 g/mol. The molecule has 0 amide bonds. The third kappa shape index (κ3) is 2.69. The van der Waals surface area contributed by atoms with E-state index in [1.165, 1.54) is 0 Å². The van der Waals surface area contributed by atoms with Crippen molar-refractivity contribution in [1.82, 2.24) is 4.68 Å². The summed E-state index contributed by atoms with van der Waals surface area (Å²) in [4.78, 5) is 23.8. The van der Waals surface area contributed by atoms with Gasteiger partial charge >= 0.3 is 12.1 Å². The Morgan fingerprint density at radius 3 is 2.62 bits per heavy atom. The van der Waals surface area contributed by atoms with Gasteiger partial charge in [0.25, 0.3) is 0 Å². The van der Waals surface area contributed by atoms with Gasteiger partial charge in [0.05, 0.1) is 17.7 Å². The van der Waals surface area contributed by atoms with Crippen LogP contribution in [0.3, 0.4) is 0 Å². The van der Waals surface area contributed by atoms with Gasteiger partial charge in [0.15, 0.2) is 0 Å². The molecule has 0 spiro atoms. The molecule has 2 N–H and O–H groups in total. The first kappa shape index (κ1) is 14.9. The first-order valence-electron chi connectivity index (χ1n) is 5.94. The van der Waals surface area contributed by atoms with Crippen LogP contribution in [0.5, 0.6) is 0 Å². The average molecular weight is 300 g/mol. The Hall–Kier alpha value is -2.51. The Balaban J connectivity index is 2.75. The third-order valence-electron chi connectivity index (χ3n) is 2.85. The molecule has 0 bridgehead atoms. The zero-order valence-electron chi connectivity index (χ0n) is 10.9. The number of alkyl halides is 3. The third-order valence-corrected chi connectivity index (χ3v) is 2.85. The minimum atomic E-state index is -4.60. The van der Waals surface area contributed by atoms with Crippen molar-refractivity contribution in [2.45, 2.75) is 13.1 Å². The highest BCUT2D eigenvalue weighted by atomic mass is 19.4. The number of aromatic nitrogens is 1. The van der Waals surface area contributed by atoms with Gasteiger partial charge in [0, 0.05) is 11.6 Å². The fraction of sp³-hybridized carbons (Fsp3) is 0.231. The number of carbonyl (C=O) groups is 1.